The van der Waals surface area contributed by atoms with Crippen molar-refractivity contribution in [2.75, 3.05) is 0 Å². The number of hydrogen-bond donors (Lipinski definition) is 0. The highest BCUT2D eigenvalue weighted by molar-refractivity contribution is 5.64. The summed E-state index contributed by atoms with van der Waals surface area (Å²) in [6, 6.07) is 28.9. The third kappa shape index (κ3) is 2.83. The van der Waals surface area contributed by atoms with Gasteiger partial charge in [-0.2, -0.15) is 0 Å². The van der Waals surface area contributed by atoms with Crippen molar-refractivity contribution in [1.29, 1.82) is 0 Å². The third-order valence-electron chi connectivity index (χ3n) is 2.88. The van der Waals surface area contributed by atoms with E-state index in [0.717, 1.165) is 11.5 Å². The van der Waals surface area contributed by atoms with E-state index in [9.17, 15) is 0 Å². The van der Waals surface area contributed by atoms with E-state index < -0.39 is 0 Å². The Hall–Kier alpha value is -2.54. The fourth-order valence-electron chi connectivity index (χ4n) is 1.92. The summed E-state index contributed by atoms with van der Waals surface area (Å²) in [7, 11) is 0. The second-order valence-electron chi connectivity index (χ2n) is 4.23. The minimum atomic E-state index is 0.801. The molecular weight excluding hydrogens is 232 g/mol. The van der Waals surface area contributed by atoms with Gasteiger partial charge in [-0.15, -0.1) is 0 Å². The maximum Gasteiger partial charge on any atom is 0.128 e. The van der Waals surface area contributed by atoms with Crippen LogP contribution in [-0.4, -0.2) is 0 Å². The smallest absolute Gasteiger partial charge is 0.128 e. The highest BCUT2D eigenvalue weighted by atomic mass is 16.5. The van der Waals surface area contributed by atoms with Crippen molar-refractivity contribution >= 4 is 0 Å². The Morgan fingerprint density at radius 1 is 0.632 bits per heavy atom. The Morgan fingerprint density at radius 2 is 1.37 bits per heavy atom. The molecule has 0 spiro atoms. The molecule has 0 saturated heterocycles. The molecule has 0 amide bonds. The number of ether oxygens (including phenoxy) is 1. The fraction of sp³-hybridized carbons (Fsp3) is 0. The first-order chi connectivity index (χ1) is 9.42. The van der Waals surface area contributed by atoms with Gasteiger partial charge in [-0.3, -0.25) is 0 Å². The Kier molecular flexibility index (Phi) is 3.28. The van der Waals surface area contributed by atoms with Gasteiger partial charge >= 0.3 is 0 Å². The lowest BCUT2D eigenvalue weighted by atomic mass is 10.1. The lowest BCUT2D eigenvalue weighted by Gasteiger charge is -2.06. The molecule has 0 unspecified atom stereocenters. The van der Waals surface area contributed by atoms with E-state index in [0.29, 0.717) is 0 Å². The van der Waals surface area contributed by atoms with Crippen LogP contribution in [0.25, 0.3) is 11.1 Å². The van der Waals surface area contributed by atoms with Crippen molar-refractivity contribution in [3.63, 3.8) is 0 Å². The second-order valence-corrected chi connectivity index (χ2v) is 4.23. The zero-order chi connectivity index (χ0) is 12.9. The molecule has 0 aromatic heterocycles. The molecule has 3 aromatic rings. The molecule has 3 rings (SSSR count). The van der Waals surface area contributed by atoms with Crippen molar-refractivity contribution in [2.24, 2.45) is 0 Å². The first-order valence-corrected chi connectivity index (χ1v) is 6.21. The molecule has 0 aliphatic carbocycles. The molecule has 19 heavy (non-hydrogen) atoms. The second kappa shape index (κ2) is 5.40. The molecule has 0 atom stereocenters. The summed E-state index contributed by atoms with van der Waals surface area (Å²) in [5.74, 6) is 1.63. The molecular formula is C18H13O. The number of rotatable bonds is 3. The van der Waals surface area contributed by atoms with Crippen LogP contribution in [0.2, 0.25) is 0 Å². The van der Waals surface area contributed by atoms with Gasteiger partial charge in [0.2, 0.25) is 0 Å². The summed E-state index contributed by atoms with van der Waals surface area (Å²) in [6.07, 6.45) is 0. The van der Waals surface area contributed by atoms with Crippen LogP contribution in [-0.2, 0) is 0 Å². The first kappa shape index (κ1) is 11.5. The number of benzene rings is 3. The zero-order valence-corrected chi connectivity index (χ0v) is 10.4. The Balaban J connectivity index is 1.80. The molecule has 91 valence electrons. The van der Waals surface area contributed by atoms with Gasteiger partial charge in [0, 0.05) is 0 Å². The minimum Gasteiger partial charge on any atom is -0.457 e. The van der Waals surface area contributed by atoms with Crippen molar-refractivity contribution in [3.8, 4) is 22.6 Å². The average Bonchev–Trinajstić information content (AvgIpc) is 2.50. The van der Waals surface area contributed by atoms with E-state index in [1.807, 2.05) is 54.6 Å². The summed E-state index contributed by atoms with van der Waals surface area (Å²) in [5, 5.41) is 0. The van der Waals surface area contributed by atoms with E-state index in [2.05, 4.69) is 30.3 Å². The molecule has 0 bridgehead atoms. The predicted octanol–water partition coefficient (Wildman–Crippen LogP) is 4.95. The largest absolute Gasteiger partial charge is 0.457 e. The lowest BCUT2D eigenvalue weighted by Crippen LogP contribution is -1.84. The molecule has 1 heteroatoms. The highest BCUT2D eigenvalue weighted by Gasteiger charge is 1.99. The summed E-state index contributed by atoms with van der Waals surface area (Å²) < 4.78 is 5.74. The molecule has 0 saturated carbocycles. The topological polar surface area (TPSA) is 9.23 Å². The van der Waals surface area contributed by atoms with E-state index in [-0.39, 0.29) is 0 Å². The average molecular weight is 245 g/mol. The van der Waals surface area contributed by atoms with Gasteiger partial charge < -0.3 is 4.74 Å². The van der Waals surface area contributed by atoms with E-state index in [1.165, 1.54) is 11.1 Å². The molecule has 1 nitrogen and oxygen atoms in total. The van der Waals surface area contributed by atoms with Gasteiger partial charge in [-0.05, 0) is 41.5 Å². The van der Waals surface area contributed by atoms with Crippen molar-refractivity contribution in [2.45, 2.75) is 0 Å². The van der Waals surface area contributed by atoms with Crippen LogP contribution in [0, 0.1) is 6.07 Å². The molecule has 0 fully saturated rings. The maximum absolute atomic E-state index is 5.74. The normalized spacial score (nSPS) is 10.1. The molecule has 0 N–H and O–H groups in total. The van der Waals surface area contributed by atoms with Crippen LogP contribution in [0.1, 0.15) is 0 Å². The minimum absolute atomic E-state index is 0.801. The quantitative estimate of drug-likeness (QED) is 0.634. The van der Waals surface area contributed by atoms with Crippen LogP contribution in [0.5, 0.6) is 11.5 Å². The molecule has 0 aliphatic heterocycles. The third-order valence-corrected chi connectivity index (χ3v) is 2.88. The van der Waals surface area contributed by atoms with Crippen molar-refractivity contribution in [3.05, 3.63) is 84.9 Å². The standard InChI is InChI=1S/C18H13O/c1-3-7-15(8-4-1)16-11-13-18(14-12-16)19-17-9-5-2-6-10-17/h1-5,7-14H. The van der Waals surface area contributed by atoms with E-state index in [4.69, 9.17) is 4.74 Å². The van der Waals surface area contributed by atoms with Crippen LogP contribution in [0.4, 0.5) is 0 Å². The summed E-state index contributed by atoms with van der Waals surface area (Å²) in [5.41, 5.74) is 2.40. The van der Waals surface area contributed by atoms with Crippen molar-refractivity contribution < 1.29 is 4.74 Å². The lowest BCUT2D eigenvalue weighted by molar-refractivity contribution is 0.482. The van der Waals surface area contributed by atoms with Crippen LogP contribution in [0.15, 0.2) is 78.9 Å². The SMILES string of the molecule is [c]1cccc(Oc2ccc(-c3ccccc3)cc2)c1. The summed E-state index contributed by atoms with van der Waals surface area (Å²) >= 11 is 0. The summed E-state index contributed by atoms with van der Waals surface area (Å²) in [6.45, 7) is 0. The van der Waals surface area contributed by atoms with Crippen LogP contribution >= 0.6 is 0 Å². The number of hydrogen-bond acceptors (Lipinski definition) is 1. The van der Waals surface area contributed by atoms with Gasteiger partial charge in [0.05, 0.1) is 0 Å². The van der Waals surface area contributed by atoms with Gasteiger partial charge in [0.15, 0.2) is 0 Å². The van der Waals surface area contributed by atoms with Gasteiger partial charge in [0.25, 0.3) is 0 Å². The highest BCUT2D eigenvalue weighted by Crippen LogP contribution is 2.25. The van der Waals surface area contributed by atoms with Crippen molar-refractivity contribution in [1.82, 2.24) is 0 Å². The van der Waals surface area contributed by atoms with Gasteiger partial charge in [0.1, 0.15) is 11.5 Å². The Bertz CT molecular complexity index is 628. The Labute approximate surface area is 113 Å². The van der Waals surface area contributed by atoms with Gasteiger partial charge in [-0.25, -0.2) is 0 Å². The fourth-order valence-corrected chi connectivity index (χ4v) is 1.92. The van der Waals surface area contributed by atoms with Gasteiger partial charge in [-0.1, -0.05) is 54.6 Å². The molecule has 0 aliphatic rings. The van der Waals surface area contributed by atoms with Crippen LogP contribution < -0.4 is 4.74 Å². The molecule has 0 heterocycles. The zero-order valence-electron chi connectivity index (χ0n) is 10.4. The van der Waals surface area contributed by atoms with E-state index in [1.54, 1.807) is 0 Å². The van der Waals surface area contributed by atoms with E-state index >= 15 is 0 Å². The first-order valence-electron chi connectivity index (χ1n) is 6.21. The molecule has 3 aromatic carbocycles. The summed E-state index contributed by atoms with van der Waals surface area (Å²) in [4.78, 5) is 0. The predicted molar refractivity (Wildman–Crippen MR) is 77.2 cm³/mol. The maximum atomic E-state index is 5.74. The molecule has 1 radical (unpaired) electrons. The Morgan fingerprint density at radius 3 is 2.05 bits per heavy atom. The van der Waals surface area contributed by atoms with Crippen LogP contribution in [0.3, 0.4) is 0 Å². The monoisotopic (exact) mass is 245 g/mol.